The summed E-state index contributed by atoms with van der Waals surface area (Å²) in [5.41, 5.74) is 0.707. The summed E-state index contributed by atoms with van der Waals surface area (Å²) in [5, 5.41) is 2.72. The van der Waals surface area contributed by atoms with Gasteiger partial charge in [0, 0.05) is 24.9 Å². The first-order valence-electron chi connectivity index (χ1n) is 9.69. The predicted octanol–water partition coefficient (Wildman–Crippen LogP) is 4.21. The number of piperidine rings is 1. The summed E-state index contributed by atoms with van der Waals surface area (Å²) >= 11 is 1.66. The molecule has 1 N–H and O–H groups in total. The number of nitrogens with zero attached hydrogens (tertiary/aromatic N) is 1. The first-order valence-corrected chi connectivity index (χ1v) is 10.7. The number of carbonyl (C=O) groups is 2. The number of likely N-dealkylation sites (tertiary alicyclic amines) is 1. The van der Waals surface area contributed by atoms with E-state index in [-0.39, 0.29) is 17.2 Å². The van der Waals surface area contributed by atoms with E-state index in [1.54, 1.807) is 11.8 Å². The number of hydrogen-bond donors (Lipinski definition) is 1. The average Bonchev–Trinajstić information content (AvgIpc) is 2.63. The number of alkyl carbamates (subject to hydrolysis) is 1. The molecule has 150 valence electrons. The van der Waals surface area contributed by atoms with Crippen LogP contribution in [0.5, 0.6) is 0 Å². The molecule has 1 saturated heterocycles. The molecular formula is C21H32N2O3S. The van der Waals surface area contributed by atoms with Crippen molar-refractivity contribution in [3.63, 3.8) is 0 Å². The maximum absolute atomic E-state index is 13.0. The van der Waals surface area contributed by atoms with E-state index in [0.717, 1.165) is 31.6 Å². The van der Waals surface area contributed by atoms with Crippen molar-refractivity contribution in [2.24, 2.45) is 0 Å². The number of benzene rings is 1. The van der Waals surface area contributed by atoms with Gasteiger partial charge in [0.25, 0.3) is 0 Å². The number of nitrogens with one attached hydrogen (secondary N) is 1. The Hall–Kier alpha value is -1.69. The van der Waals surface area contributed by atoms with Crippen molar-refractivity contribution in [2.45, 2.75) is 69.6 Å². The molecule has 0 bridgehead atoms. The minimum atomic E-state index is -0.519. The van der Waals surface area contributed by atoms with Crippen LogP contribution in [0.1, 0.15) is 52.5 Å². The number of amides is 2. The number of rotatable bonds is 6. The molecule has 1 aromatic carbocycles. The molecule has 0 aliphatic carbocycles. The lowest BCUT2D eigenvalue weighted by Gasteiger charge is -2.37. The summed E-state index contributed by atoms with van der Waals surface area (Å²) in [5.74, 6) is 0.981. The molecular weight excluding hydrogens is 360 g/mol. The molecule has 27 heavy (non-hydrogen) atoms. The Balaban J connectivity index is 1.87. The molecule has 2 rings (SSSR count). The third kappa shape index (κ3) is 7.45. The monoisotopic (exact) mass is 392 g/mol. The van der Waals surface area contributed by atoms with Crippen LogP contribution in [0.15, 0.2) is 30.3 Å². The molecule has 0 aromatic heterocycles. The van der Waals surface area contributed by atoms with Gasteiger partial charge in [-0.25, -0.2) is 4.79 Å². The molecule has 1 heterocycles. The normalized spacial score (nSPS) is 18.7. The first-order chi connectivity index (χ1) is 12.8. The van der Waals surface area contributed by atoms with Gasteiger partial charge >= 0.3 is 6.09 Å². The second-order valence-electron chi connectivity index (χ2n) is 8.00. The molecule has 0 saturated carbocycles. The minimum Gasteiger partial charge on any atom is -0.444 e. The molecule has 0 radical (unpaired) electrons. The second-order valence-corrected chi connectivity index (χ2v) is 9.33. The van der Waals surface area contributed by atoms with Gasteiger partial charge in [-0.05, 0) is 52.5 Å². The van der Waals surface area contributed by atoms with Gasteiger partial charge in [0.1, 0.15) is 5.60 Å². The maximum Gasteiger partial charge on any atom is 0.407 e. The van der Waals surface area contributed by atoms with Crippen molar-refractivity contribution in [3.05, 3.63) is 35.9 Å². The molecule has 5 nitrogen and oxygen atoms in total. The largest absolute Gasteiger partial charge is 0.444 e. The summed E-state index contributed by atoms with van der Waals surface area (Å²) in [6.45, 7) is 8.70. The highest BCUT2D eigenvalue weighted by atomic mass is 32.2. The zero-order valence-electron chi connectivity index (χ0n) is 16.9. The highest BCUT2D eigenvalue weighted by Crippen LogP contribution is 2.24. The number of hydrogen-bond acceptors (Lipinski definition) is 4. The van der Waals surface area contributed by atoms with Crippen LogP contribution in [-0.2, 0) is 15.3 Å². The van der Waals surface area contributed by atoms with E-state index in [1.807, 2.05) is 50.8 Å². The van der Waals surface area contributed by atoms with Crippen molar-refractivity contribution in [3.8, 4) is 0 Å². The van der Waals surface area contributed by atoms with Crippen LogP contribution in [-0.4, -0.2) is 46.9 Å². The van der Waals surface area contributed by atoms with E-state index in [9.17, 15) is 9.59 Å². The summed E-state index contributed by atoms with van der Waals surface area (Å²) in [7, 11) is 0. The Bertz CT molecular complexity index is 616. The van der Waals surface area contributed by atoms with Gasteiger partial charge in [0.2, 0.25) is 5.91 Å². The zero-order valence-corrected chi connectivity index (χ0v) is 17.7. The Morgan fingerprint density at radius 1 is 1.26 bits per heavy atom. The molecule has 2 amide bonds. The number of carbonyl (C=O) groups excluding carboxylic acids is 2. The standard InChI is InChI=1S/C21H32N2O3S/c1-16(27-15-17-10-6-5-7-11-17)19(24)23-13-9-8-12-18(23)14-22-20(25)26-21(2,3)4/h5-7,10-11,16,18H,8-9,12-15H2,1-4H3,(H,22,25). The van der Waals surface area contributed by atoms with Gasteiger partial charge in [-0.3, -0.25) is 4.79 Å². The summed E-state index contributed by atoms with van der Waals surface area (Å²) in [4.78, 5) is 26.8. The SMILES string of the molecule is CC(SCc1ccccc1)C(=O)N1CCCCC1CNC(=O)OC(C)(C)C. The van der Waals surface area contributed by atoms with Crippen LogP contribution in [0.25, 0.3) is 0 Å². The van der Waals surface area contributed by atoms with Gasteiger partial charge in [0.05, 0.1) is 5.25 Å². The van der Waals surface area contributed by atoms with Crippen molar-refractivity contribution in [1.82, 2.24) is 10.2 Å². The van der Waals surface area contributed by atoms with Crippen LogP contribution in [0.3, 0.4) is 0 Å². The van der Waals surface area contributed by atoms with Gasteiger partial charge in [-0.1, -0.05) is 30.3 Å². The van der Waals surface area contributed by atoms with Crippen molar-refractivity contribution in [2.75, 3.05) is 13.1 Å². The van der Waals surface area contributed by atoms with Crippen molar-refractivity contribution >= 4 is 23.8 Å². The van der Waals surface area contributed by atoms with Gasteiger partial charge in [-0.15, -0.1) is 11.8 Å². The van der Waals surface area contributed by atoms with Crippen LogP contribution < -0.4 is 5.32 Å². The van der Waals surface area contributed by atoms with Crippen LogP contribution in [0.4, 0.5) is 4.79 Å². The Labute approximate surface area is 167 Å². The lowest BCUT2D eigenvalue weighted by molar-refractivity contribution is -0.133. The Kier molecular flexibility index (Phi) is 8.02. The van der Waals surface area contributed by atoms with Gasteiger partial charge in [0.15, 0.2) is 0 Å². The zero-order chi connectivity index (χ0) is 19.9. The molecule has 1 aliphatic rings. The van der Waals surface area contributed by atoms with Crippen molar-refractivity contribution in [1.29, 1.82) is 0 Å². The summed E-state index contributed by atoms with van der Waals surface area (Å²) in [6, 6.07) is 10.2. The van der Waals surface area contributed by atoms with E-state index in [0.29, 0.717) is 6.54 Å². The fourth-order valence-electron chi connectivity index (χ4n) is 3.12. The molecule has 0 spiro atoms. The lowest BCUT2D eigenvalue weighted by atomic mass is 10.0. The predicted molar refractivity (Wildman–Crippen MR) is 111 cm³/mol. The van der Waals surface area contributed by atoms with E-state index >= 15 is 0 Å². The van der Waals surface area contributed by atoms with E-state index in [4.69, 9.17) is 4.74 Å². The van der Waals surface area contributed by atoms with Gasteiger partial charge in [-0.2, -0.15) is 0 Å². The van der Waals surface area contributed by atoms with Crippen LogP contribution >= 0.6 is 11.8 Å². The fraction of sp³-hybridized carbons (Fsp3) is 0.619. The van der Waals surface area contributed by atoms with E-state index in [2.05, 4.69) is 17.4 Å². The van der Waals surface area contributed by atoms with Crippen molar-refractivity contribution < 1.29 is 14.3 Å². The topological polar surface area (TPSA) is 58.6 Å². The molecule has 1 aliphatic heterocycles. The number of ether oxygens (including phenoxy) is 1. The van der Waals surface area contributed by atoms with E-state index in [1.165, 1.54) is 5.56 Å². The van der Waals surface area contributed by atoms with Gasteiger partial charge < -0.3 is 15.0 Å². The lowest BCUT2D eigenvalue weighted by Crippen LogP contribution is -2.51. The third-order valence-corrected chi connectivity index (χ3v) is 5.68. The summed E-state index contributed by atoms with van der Waals surface area (Å²) in [6.07, 6.45) is 2.59. The molecule has 6 heteroatoms. The molecule has 2 unspecified atom stereocenters. The Morgan fingerprint density at radius 3 is 2.63 bits per heavy atom. The Morgan fingerprint density at radius 2 is 1.96 bits per heavy atom. The molecule has 2 atom stereocenters. The van der Waals surface area contributed by atoms with Crippen LogP contribution in [0, 0.1) is 0 Å². The smallest absolute Gasteiger partial charge is 0.407 e. The molecule has 1 aromatic rings. The highest BCUT2D eigenvalue weighted by molar-refractivity contribution is 7.99. The van der Waals surface area contributed by atoms with Crippen LogP contribution in [0.2, 0.25) is 0 Å². The third-order valence-electron chi connectivity index (χ3n) is 4.48. The summed E-state index contributed by atoms with van der Waals surface area (Å²) < 4.78 is 5.30. The van der Waals surface area contributed by atoms with E-state index < -0.39 is 11.7 Å². The minimum absolute atomic E-state index is 0.0403. The number of thioether (sulfide) groups is 1. The highest BCUT2D eigenvalue weighted by Gasteiger charge is 2.30. The average molecular weight is 393 g/mol. The molecule has 1 fully saturated rings. The quantitative estimate of drug-likeness (QED) is 0.788. The fourth-order valence-corrected chi connectivity index (χ4v) is 4.03. The maximum atomic E-state index is 13.0. The first kappa shape index (κ1) is 21.6. The second kappa shape index (κ2) is 10.0.